The van der Waals surface area contributed by atoms with Gasteiger partial charge >= 0.3 is 0 Å². The summed E-state index contributed by atoms with van der Waals surface area (Å²) in [5, 5.41) is 15.0. The van der Waals surface area contributed by atoms with Gasteiger partial charge in [-0.05, 0) is 32.1 Å². The molecule has 100 valence electrons. The molecule has 0 saturated heterocycles. The van der Waals surface area contributed by atoms with Gasteiger partial charge in [0.2, 0.25) is 0 Å². The minimum atomic E-state index is -0.0380. The van der Waals surface area contributed by atoms with E-state index >= 15 is 0 Å². The second-order valence-corrected chi connectivity index (χ2v) is 6.88. The number of hydrogen-bond acceptors (Lipinski definition) is 4. The molecular weight excluding hydrogens is 246 g/mol. The number of thioether (sulfide) groups is 1. The van der Waals surface area contributed by atoms with E-state index in [1.807, 2.05) is 18.0 Å². The highest BCUT2D eigenvalue weighted by Gasteiger charge is 2.40. The van der Waals surface area contributed by atoms with Crippen molar-refractivity contribution in [3.05, 3.63) is 12.4 Å². The second-order valence-electron chi connectivity index (χ2n) is 5.59. The summed E-state index contributed by atoms with van der Waals surface area (Å²) in [4.78, 5) is 7.43. The van der Waals surface area contributed by atoms with E-state index in [1.54, 1.807) is 6.20 Å². The van der Waals surface area contributed by atoms with E-state index in [2.05, 4.69) is 15.3 Å². The molecule has 2 unspecified atom stereocenters. The molecule has 0 radical (unpaired) electrons. The Morgan fingerprint density at radius 3 is 3.06 bits per heavy atom. The molecule has 0 bridgehead atoms. The van der Waals surface area contributed by atoms with Crippen LogP contribution >= 0.6 is 11.8 Å². The van der Waals surface area contributed by atoms with Crippen LogP contribution in [0.5, 0.6) is 0 Å². The highest BCUT2D eigenvalue weighted by atomic mass is 32.2. The lowest BCUT2D eigenvalue weighted by Crippen LogP contribution is -2.53. The molecule has 0 spiro atoms. The summed E-state index contributed by atoms with van der Waals surface area (Å²) in [6.07, 6.45) is 10.8. The summed E-state index contributed by atoms with van der Waals surface area (Å²) in [6, 6.07) is 0.657. The minimum absolute atomic E-state index is 0.0380. The van der Waals surface area contributed by atoms with Crippen molar-refractivity contribution in [3.63, 3.8) is 0 Å². The standard InChI is InChI=1S/C13H21N3OS/c17-9-13(16-10-3-4-10)5-1-2-11(8-13)18-12-14-6-7-15-12/h6-7,10-11,16-17H,1-5,8-9H2,(H,14,15). The van der Waals surface area contributed by atoms with Crippen molar-refractivity contribution < 1.29 is 5.11 Å². The first-order chi connectivity index (χ1) is 8.80. The first kappa shape index (κ1) is 12.5. The van der Waals surface area contributed by atoms with Crippen LogP contribution in [0, 0.1) is 0 Å². The van der Waals surface area contributed by atoms with E-state index in [0.717, 1.165) is 18.0 Å². The van der Waals surface area contributed by atoms with Crippen molar-refractivity contribution in [1.82, 2.24) is 15.3 Å². The van der Waals surface area contributed by atoms with Gasteiger partial charge in [0.1, 0.15) is 0 Å². The van der Waals surface area contributed by atoms with Gasteiger partial charge in [-0.1, -0.05) is 18.2 Å². The fraction of sp³-hybridized carbons (Fsp3) is 0.769. The van der Waals surface area contributed by atoms with Crippen molar-refractivity contribution in [2.24, 2.45) is 0 Å². The average molecular weight is 267 g/mol. The highest BCUT2D eigenvalue weighted by molar-refractivity contribution is 7.99. The Bertz CT molecular complexity index is 380. The van der Waals surface area contributed by atoms with Crippen LogP contribution in [-0.2, 0) is 0 Å². The number of rotatable bonds is 5. The fourth-order valence-corrected chi connectivity index (χ4v) is 4.12. The Hall–Kier alpha value is -0.520. The van der Waals surface area contributed by atoms with Crippen LogP contribution in [0.15, 0.2) is 17.6 Å². The van der Waals surface area contributed by atoms with E-state index in [-0.39, 0.29) is 12.1 Å². The molecule has 1 heterocycles. The summed E-state index contributed by atoms with van der Waals surface area (Å²) >= 11 is 1.82. The van der Waals surface area contributed by atoms with Gasteiger partial charge in [0.25, 0.3) is 0 Å². The number of nitrogens with zero attached hydrogens (tertiary/aromatic N) is 1. The quantitative estimate of drug-likeness (QED) is 0.763. The number of aliphatic hydroxyl groups is 1. The number of aliphatic hydroxyl groups excluding tert-OH is 1. The van der Waals surface area contributed by atoms with Crippen molar-refractivity contribution in [1.29, 1.82) is 0 Å². The van der Waals surface area contributed by atoms with E-state index in [9.17, 15) is 5.11 Å². The monoisotopic (exact) mass is 267 g/mol. The SMILES string of the molecule is OCC1(NC2CC2)CCCC(Sc2ncc[nH]2)C1. The molecule has 5 heteroatoms. The van der Waals surface area contributed by atoms with E-state index in [4.69, 9.17) is 0 Å². The van der Waals surface area contributed by atoms with Gasteiger partial charge < -0.3 is 15.4 Å². The lowest BCUT2D eigenvalue weighted by molar-refractivity contribution is 0.122. The number of H-pyrrole nitrogens is 1. The number of imidazole rings is 1. The minimum Gasteiger partial charge on any atom is -0.394 e. The van der Waals surface area contributed by atoms with Gasteiger partial charge in [0.15, 0.2) is 5.16 Å². The van der Waals surface area contributed by atoms with Crippen molar-refractivity contribution >= 4 is 11.8 Å². The molecule has 2 fully saturated rings. The van der Waals surface area contributed by atoms with Crippen LogP contribution in [0.3, 0.4) is 0 Å². The first-order valence-electron chi connectivity index (χ1n) is 6.84. The van der Waals surface area contributed by atoms with Crippen LogP contribution in [-0.4, -0.2) is 38.5 Å². The zero-order chi connectivity index (χ0) is 12.4. The Morgan fingerprint density at radius 1 is 1.50 bits per heavy atom. The first-order valence-corrected chi connectivity index (χ1v) is 7.72. The molecule has 3 N–H and O–H groups in total. The molecule has 4 nitrogen and oxygen atoms in total. The molecule has 0 aliphatic heterocycles. The molecule has 1 aromatic rings. The van der Waals surface area contributed by atoms with Gasteiger partial charge in [0, 0.05) is 29.2 Å². The predicted molar refractivity (Wildman–Crippen MR) is 72.7 cm³/mol. The summed E-state index contributed by atoms with van der Waals surface area (Å²) < 4.78 is 0. The molecule has 18 heavy (non-hydrogen) atoms. The molecule has 2 aliphatic rings. The number of aromatic nitrogens is 2. The number of aromatic amines is 1. The largest absolute Gasteiger partial charge is 0.394 e. The third kappa shape index (κ3) is 2.90. The molecule has 2 atom stereocenters. The van der Waals surface area contributed by atoms with Gasteiger partial charge in [-0.15, -0.1) is 0 Å². The zero-order valence-electron chi connectivity index (χ0n) is 10.6. The Labute approximate surface area is 112 Å². The Kier molecular flexibility index (Phi) is 3.63. The van der Waals surface area contributed by atoms with Crippen molar-refractivity contribution in [3.8, 4) is 0 Å². The van der Waals surface area contributed by atoms with Crippen LogP contribution in [0.25, 0.3) is 0 Å². The summed E-state index contributed by atoms with van der Waals surface area (Å²) in [5.41, 5.74) is -0.0380. The van der Waals surface area contributed by atoms with E-state index in [1.165, 1.54) is 25.7 Å². The lowest BCUT2D eigenvalue weighted by atomic mass is 9.82. The fourth-order valence-electron chi connectivity index (χ4n) is 2.86. The zero-order valence-corrected chi connectivity index (χ0v) is 11.4. The number of nitrogens with one attached hydrogen (secondary N) is 2. The maximum Gasteiger partial charge on any atom is 0.165 e. The molecule has 0 amide bonds. The van der Waals surface area contributed by atoms with Gasteiger partial charge in [0.05, 0.1) is 6.61 Å². The average Bonchev–Trinajstić information content (AvgIpc) is 3.03. The lowest BCUT2D eigenvalue weighted by Gasteiger charge is -2.40. The van der Waals surface area contributed by atoms with E-state index in [0.29, 0.717) is 11.3 Å². The summed E-state index contributed by atoms with van der Waals surface area (Å²) in [5.74, 6) is 0. The van der Waals surface area contributed by atoms with Crippen molar-refractivity contribution in [2.45, 2.75) is 60.5 Å². The molecule has 1 aromatic heterocycles. The van der Waals surface area contributed by atoms with Crippen LogP contribution < -0.4 is 5.32 Å². The molecule has 2 aliphatic carbocycles. The smallest absolute Gasteiger partial charge is 0.165 e. The van der Waals surface area contributed by atoms with Crippen LogP contribution in [0.2, 0.25) is 0 Å². The van der Waals surface area contributed by atoms with Crippen LogP contribution in [0.4, 0.5) is 0 Å². The molecule has 0 aromatic carbocycles. The van der Waals surface area contributed by atoms with Crippen LogP contribution in [0.1, 0.15) is 38.5 Å². The number of hydrogen-bond donors (Lipinski definition) is 3. The maximum absolute atomic E-state index is 9.77. The third-order valence-electron chi connectivity index (χ3n) is 3.94. The third-order valence-corrected chi connectivity index (χ3v) is 5.12. The topological polar surface area (TPSA) is 60.9 Å². The molecule has 2 saturated carbocycles. The van der Waals surface area contributed by atoms with Gasteiger partial charge in [-0.3, -0.25) is 0 Å². The highest BCUT2D eigenvalue weighted by Crippen LogP contribution is 2.38. The van der Waals surface area contributed by atoms with Gasteiger partial charge in [-0.25, -0.2) is 4.98 Å². The molecular formula is C13H21N3OS. The second kappa shape index (κ2) is 5.23. The predicted octanol–water partition coefficient (Wildman–Crippen LogP) is 1.93. The normalized spacial score (nSPS) is 32.6. The summed E-state index contributed by atoms with van der Waals surface area (Å²) in [6.45, 7) is 0.263. The summed E-state index contributed by atoms with van der Waals surface area (Å²) in [7, 11) is 0. The van der Waals surface area contributed by atoms with Gasteiger partial charge in [-0.2, -0.15) is 0 Å². The Balaban J connectivity index is 1.62. The Morgan fingerprint density at radius 2 is 2.39 bits per heavy atom. The van der Waals surface area contributed by atoms with E-state index < -0.39 is 0 Å². The van der Waals surface area contributed by atoms with Crippen molar-refractivity contribution in [2.75, 3.05) is 6.61 Å². The molecule has 3 rings (SSSR count). The maximum atomic E-state index is 9.77.